The molecule has 0 bridgehead atoms. The average molecular weight is 342 g/mol. The van der Waals surface area contributed by atoms with Gasteiger partial charge in [0.2, 0.25) is 5.91 Å². The summed E-state index contributed by atoms with van der Waals surface area (Å²) in [6.45, 7) is 0.540. The standard InChI is InChI=1S/C12H14Cl2N2OS.ClH/c1-16(12(17)11-6-18-7-15-11)5-8-2-3-9(13)10(14)4-8;/h2-4,11,15H,5-7H2,1H3;1H. The predicted octanol–water partition coefficient (Wildman–Crippen LogP) is 3.04. The molecule has 1 saturated heterocycles. The summed E-state index contributed by atoms with van der Waals surface area (Å²) in [5, 5.41) is 4.22. The second-order valence-corrected chi connectivity index (χ2v) is 6.06. The first-order valence-electron chi connectivity index (χ1n) is 5.58. The number of amides is 1. The first kappa shape index (κ1) is 16.9. The number of carbonyl (C=O) groups excluding carboxylic acids is 1. The highest BCUT2D eigenvalue weighted by molar-refractivity contribution is 7.99. The first-order valence-corrected chi connectivity index (χ1v) is 7.49. The maximum absolute atomic E-state index is 12.1. The smallest absolute Gasteiger partial charge is 0.240 e. The number of likely N-dealkylation sites (N-methyl/N-ethyl adjacent to an activating group) is 1. The Hall–Kier alpha value is -0.130. The third kappa shape index (κ3) is 4.43. The lowest BCUT2D eigenvalue weighted by Gasteiger charge is -2.21. The number of nitrogens with one attached hydrogen (secondary N) is 1. The number of thioether (sulfide) groups is 1. The van der Waals surface area contributed by atoms with Crippen molar-refractivity contribution in [3.8, 4) is 0 Å². The summed E-state index contributed by atoms with van der Waals surface area (Å²) in [4.78, 5) is 13.8. The van der Waals surface area contributed by atoms with Crippen LogP contribution in [-0.4, -0.2) is 35.5 Å². The lowest BCUT2D eigenvalue weighted by atomic mass is 10.2. The van der Waals surface area contributed by atoms with Gasteiger partial charge >= 0.3 is 0 Å². The monoisotopic (exact) mass is 340 g/mol. The van der Waals surface area contributed by atoms with Gasteiger partial charge in [0.05, 0.1) is 16.1 Å². The molecule has 0 spiro atoms. The summed E-state index contributed by atoms with van der Waals surface area (Å²) in [5.74, 6) is 1.80. The van der Waals surface area contributed by atoms with E-state index in [0.717, 1.165) is 17.2 Å². The zero-order chi connectivity index (χ0) is 13.1. The molecule has 1 aromatic rings. The van der Waals surface area contributed by atoms with Crippen LogP contribution in [0.5, 0.6) is 0 Å². The molecular weight excluding hydrogens is 327 g/mol. The van der Waals surface area contributed by atoms with Gasteiger partial charge in [0.15, 0.2) is 0 Å². The Morgan fingerprint density at radius 2 is 2.21 bits per heavy atom. The van der Waals surface area contributed by atoms with Gasteiger partial charge in [-0.05, 0) is 17.7 Å². The van der Waals surface area contributed by atoms with Crippen LogP contribution in [0.2, 0.25) is 10.0 Å². The predicted molar refractivity (Wildman–Crippen MR) is 84.4 cm³/mol. The third-order valence-electron chi connectivity index (χ3n) is 2.79. The molecule has 1 fully saturated rings. The lowest BCUT2D eigenvalue weighted by molar-refractivity contribution is -0.131. The largest absolute Gasteiger partial charge is 0.340 e. The van der Waals surface area contributed by atoms with E-state index in [4.69, 9.17) is 23.2 Å². The minimum atomic E-state index is -0.0669. The SMILES string of the molecule is CN(Cc1ccc(Cl)c(Cl)c1)C(=O)C1CSCN1.Cl. The third-order valence-corrected chi connectivity index (χ3v) is 4.47. The molecule has 1 aliphatic rings. The molecule has 1 aromatic carbocycles. The highest BCUT2D eigenvalue weighted by atomic mass is 35.5. The summed E-state index contributed by atoms with van der Waals surface area (Å²) in [7, 11) is 1.80. The molecule has 1 aliphatic heterocycles. The van der Waals surface area contributed by atoms with Crippen LogP contribution < -0.4 is 5.32 Å². The molecule has 1 N–H and O–H groups in total. The van der Waals surface area contributed by atoms with E-state index in [1.807, 2.05) is 6.07 Å². The van der Waals surface area contributed by atoms with E-state index in [-0.39, 0.29) is 24.4 Å². The summed E-state index contributed by atoms with van der Waals surface area (Å²) >= 11 is 13.6. The molecule has 0 aromatic heterocycles. The first-order chi connectivity index (χ1) is 8.58. The van der Waals surface area contributed by atoms with Crippen molar-refractivity contribution in [2.24, 2.45) is 0 Å². The molecule has 1 heterocycles. The van der Waals surface area contributed by atoms with Gasteiger partial charge in [-0.3, -0.25) is 10.1 Å². The number of halogens is 3. The zero-order valence-corrected chi connectivity index (χ0v) is 13.5. The fourth-order valence-electron chi connectivity index (χ4n) is 1.81. The van der Waals surface area contributed by atoms with Crippen LogP contribution in [0.15, 0.2) is 18.2 Å². The fraction of sp³-hybridized carbons (Fsp3) is 0.417. The second kappa shape index (κ2) is 7.60. The number of hydrogen-bond donors (Lipinski definition) is 1. The van der Waals surface area contributed by atoms with Crippen molar-refractivity contribution in [3.05, 3.63) is 33.8 Å². The Labute approximate surface area is 133 Å². The number of nitrogens with zero attached hydrogens (tertiary/aromatic N) is 1. The summed E-state index contributed by atoms with van der Waals surface area (Å²) < 4.78 is 0. The van der Waals surface area contributed by atoms with Crippen molar-refractivity contribution in [2.75, 3.05) is 18.7 Å². The van der Waals surface area contributed by atoms with Gasteiger partial charge in [0, 0.05) is 25.2 Å². The fourth-order valence-corrected chi connectivity index (χ4v) is 3.06. The van der Waals surface area contributed by atoms with E-state index in [2.05, 4.69) is 5.32 Å². The number of hydrogen-bond acceptors (Lipinski definition) is 3. The van der Waals surface area contributed by atoms with Gasteiger partial charge in [0.1, 0.15) is 0 Å². The molecule has 0 radical (unpaired) electrons. The van der Waals surface area contributed by atoms with Gasteiger partial charge in [-0.2, -0.15) is 0 Å². The average Bonchev–Trinajstić information content (AvgIpc) is 2.86. The van der Waals surface area contributed by atoms with Gasteiger partial charge < -0.3 is 4.90 Å². The van der Waals surface area contributed by atoms with Crippen molar-refractivity contribution in [3.63, 3.8) is 0 Å². The maximum atomic E-state index is 12.1. The van der Waals surface area contributed by atoms with E-state index in [1.54, 1.807) is 35.8 Å². The van der Waals surface area contributed by atoms with Gasteiger partial charge in [-0.1, -0.05) is 29.3 Å². The van der Waals surface area contributed by atoms with E-state index >= 15 is 0 Å². The normalized spacial score (nSPS) is 17.9. The Balaban J connectivity index is 0.00000180. The maximum Gasteiger partial charge on any atom is 0.240 e. The van der Waals surface area contributed by atoms with Crippen molar-refractivity contribution in [2.45, 2.75) is 12.6 Å². The van der Waals surface area contributed by atoms with E-state index in [0.29, 0.717) is 16.6 Å². The molecule has 1 amide bonds. The van der Waals surface area contributed by atoms with Crippen LogP contribution in [-0.2, 0) is 11.3 Å². The highest BCUT2D eigenvalue weighted by Gasteiger charge is 2.25. The van der Waals surface area contributed by atoms with Crippen molar-refractivity contribution in [1.82, 2.24) is 10.2 Å². The molecular formula is C12H15Cl3N2OS. The molecule has 3 nitrogen and oxygen atoms in total. The quantitative estimate of drug-likeness (QED) is 0.917. The topological polar surface area (TPSA) is 32.3 Å². The van der Waals surface area contributed by atoms with Crippen LogP contribution in [0.25, 0.3) is 0 Å². The molecule has 0 saturated carbocycles. The molecule has 19 heavy (non-hydrogen) atoms. The number of carbonyl (C=O) groups is 1. The van der Waals surface area contributed by atoms with Crippen molar-refractivity contribution in [1.29, 1.82) is 0 Å². The van der Waals surface area contributed by atoms with Crippen LogP contribution in [0, 0.1) is 0 Å². The van der Waals surface area contributed by atoms with E-state index < -0.39 is 0 Å². The minimum absolute atomic E-state index is 0. The second-order valence-electron chi connectivity index (χ2n) is 4.21. The Kier molecular flexibility index (Phi) is 6.77. The Bertz CT molecular complexity index is 453. The minimum Gasteiger partial charge on any atom is -0.340 e. The molecule has 7 heteroatoms. The molecule has 1 atom stereocenters. The van der Waals surface area contributed by atoms with Gasteiger partial charge in [-0.25, -0.2) is 0 Å². The van der Waals surface area contributed by atoms with Crippen LogP contribution in [0.1, 0.15) is 5.56 Å². The Morgan fingerprint density at radius 3 is 2.79 bits per heavy atom. The van der Waals surface area contributed by atoms with Crippen molar-refractivity contribution < 1.29 is 4.79 Å². The number of rotatable bonds is 3. The van der Waals surface area contributed by atoms with E-state index in [9.17, 15) is 4.79 Å². The zero-order valence-electron chi connectivity index (χ0n) is 10.4. The molecule has 0 aliphatic carbocycles. The van der Waals surface area contributed by atoms with Crippen LogP contribution in [0.4, 0.5) is 0 Å². The molecule has 2 rings (SSSR count). The van der Waals surface area contributed by atoms with Crippen LogP contribution in [0.3, 0.4) is 0 Å². The van der Waals surface area contributed by atoms with Gasteiger partial charge in [-0.15, -0.1) is 24.2 Å². The summed E-state index contributed by atoms with van der Waals surface area (Å²) in [6, 6.07) is 5.36. The van der Waals surface area contributed by atoms with Crippen LogP contribution >= 0.6 is 47.4 Å². The highest BCUT2D eigenvalue weighted by Crippen LogP contribution is 2.23. The molecule has 1 unspecified atom stereocenters. The summed E-state index contributed by atoms with van der Waals surface area (Å²) in [5.41, 5.74) is 0.978. The number of benzene rings is 1. The Morgan fingerprint density at radius 1 is 1.47 bits per heavy atom. The lowest BCUT2D eigenvalue weighted by Crippen LogP contribution is -2.42. The summed E-state index contributed by atoms with van der Waals surface area (Å²) in [6.07, 6.45) is 0. The van der Waals surface area contributed by atoms with Crippen molar-refractivity contribution >= 4 is 53.3 Å². The van der Waals surface area contributed by atoms with Gasteiger partial charge in [0.25, 0.3) is 0 Å². The molecule has 106 valence electrons. The van der Waals surface area contributed by atoms with E-state index in [1.165, 1.54) is 0 Å².